The third-order valence-corrected chi connectivity index (χ3v) is 0.651. The van der Waals surface area contributed by atoms with Crippen LogP contribution in [0.25, 0.3) is 0 Å². The molecule has 5 heteroatoms. The number of nitrogens with one attached hydrogen (secondary N) is 1. The van der Waals surface area contributed by atoms with Crippen molar-refractivity contribution in [1.29, 1.82) is 0 Å². The lowest BCUT2D eigenvalue weighted by molar-refractivity contribution is 0.119. The van der Waals surface area contributed by atoms with Crippen molar-refractivity contribution < 1.29 is 14.6 Å². The molecule has 1 unspecified atom stereocenters. The van der Waals surface area contributed by atoms with Gasteiger partial charge in [0.15, 0.2) is 0 Å². The highest BCUT2D eigenvalue weighted by atomic mass is 32.1. The van der Waals surface area contributed by atoms with Crippen molar-refractivity contribution in [1.82, 2.24) is 5.32 Å². The second-order valence-electron chi connectivity index (χ2n) is 1.38. The van der Waals surface area contributed by atoms with E-state index in [1.807, 2.05) is 0 Å². The molecule has 1 amide bonds. The maximum atomic E-state index is 10.3. The lowest BCUT2D eigenvalue weighted by atomic mass is 10.7. The van der Waals surface area contributed by atoms with Gasteiger partial charge in [-0.05, 0) is 6.92 Å². The molecule has 0 heterocycles. The lowest BCUT2D eigenvalue weighted by Gasteiger charge is -2.05. The molecule has 0 aromatic carbocycles. The zero-order valence-corrected chi connectivity index (χ0v) is 5.89. The zero-order chi connectivity index (χ0) is 7.28. The van der Waals surface area contributed by atoms with Gasteiger partial charge in [0.2, 0.25) is 0 Å². The molecule has 0 saturated carbocycles. The van der Waals surface area contributed by atoms with Crippen LogP contribution in [-0.2, 0) is 4.74 Å². The van der Waals surface area contributed by atoms with E-state index in [1.165, 1.54) is 6.92 Å². The molecular weight excluding hydrogens is 142 g/mol. The minimum absolute atomic E-state index is 0.0125. The van der Waals surface area contributed by atoms with Crippen molar-refractivity contribution in [2.24, 2.45) is 0 Å². The molecule has 0 aliphatic rings. The smallest absolute Gasteiger partial charge is 0.409 e. The Balaban J connectivity index is 3.27. The summed E-state index contributed by atoms with van der Waals surface area (Å²) >= 11 is 3.62. The molecule has 0 saturated heterocycles. The van der Waals surface area contributed by atoms with E-state index in [9.17, 15) is 4.79 Å². The van der Waals surface area contributed by atoms with Crippen LogP contribution >= 0.6 is 12.6 Å². The Morgan fingerprint density at radius 3 is 2.89 bits per heavy atom. The molecule has 0 rings (SSSR count). The largest absolute Gasteiger partial charge is 0.439 e. The summed E-state index contributed by atoms with van der Waals surface area (Å²) in [5.41, 5.74) is 0. The van der Waals surface area contributed by atoms with Crippen molar-refractivity contribution in [2.45, 2.75) is 13.2 Å². The van der Waals surface area contributed by atoms with Crippen molar-refractivity contribution in [3.63, 3.8) is 0 Å². The van der Waals surface area contributed by atoms with Crippen molar-refractivity contribution in [3.8, 4) is 0 Å². The van der Waals surface area contributed by atoms with Gasteiger partial charge in [0.25, 0.3) is 0 Å². The van der Waals surface area contributed by atoms with E-state index in [4.69, 9.17) is 5.11 Å². The number of hydrogen-bond donors (Lipinski definition) is 3. The highest BCUT2D eigenvalue weighted by Gasteiger charge is 2.01. The fourth-order valence-corrected chi connectivity index (χ4v) is 0.388. The van der Waals surface area contributed by atoms with Crippen LogP contribution in [0.3, 0.4) is 0 Å². The van der Waals surface area contributed by atoms with E-state index in [2.05, 4.69) is 22.7 Å². The van der Waals surface area contributed by atoms with Gasteiger partial charge < -0.3 is 9.84 Å². The van der Waals surface area contributed by atoms with Crippen LogP contribution in [-0.4, -0.2) is 23.4 Å². The molecule has 0 aliphatic heterocycles. The van der Waals surface area contributed by atoms with Crippen LogP contribution < -0.4 is 5.32 Å². The van der Waals surface area contributed by atoms with Crippen LogP contribution in [0.5, 0.6) is 0 Å². The van der Waals surface area contributed by atoms with Crippen molar-refractivity contribution in [3.05, 3.63) is 0 Å². The van der Waals surface area contributed by atoms with Crippen LogP contribution in [0.4, 0.5) is 4.79 Å². The van der Waals surface area contributed by atoms with Gasteiger partial charge in [-0.15, -0.1) is 12.6 Å². The lowest BCUT2D eigenvalue weighted by Crippen LogP contribution is -2.32. The van der Waals surface area contributed by atoms with E-state index < -0.39 is 12.3 Å². The number of aliphatic hydroxyl groups is 1. The number of carbonyl (C=O) groups is 1. The Bertz CT molecular complexity index is 95.8. The van der Waals surface area contributed by atoms with Crippen LogP contribution in [0, 0.1) is 0 Å². The molecule has 0 radical (unpaired) electrons. The van der Waals surface area contributed by atoms with Gasteiger partial charge >= 0.3 is 6.09 Å². The predicted octanol–water partition coefficient (Wildman–Crippen LogP) is -0.0618. The van der Waals surface area contributed by atoms with Gasteiger partial charge in [-0.2, -0.15) is 0 Å². The Labute approximate surface area is 58.6 Å². The summed E-state index contributed by atoms with van der Waals surface area (Å²) in [6.45, 7) is 1.42. The number of rotatable bonds is 2. The summed E-state index contributed by atoms with van der Waals surface area (Å²) in [5.74, 6) is 0.0125. The molecule has 0 aromatic heterocycles. The molecule has 0 aromatic rings. The Hall–Kier alpha value is -0.420. The highest BCUT2D eigenvalue weighted by Crippen LogP contribution is 1.81. The summed E-state index contributed by atoms with van der Waals surface area (Å²) in [6, 6.07) is 0. The number of thiol groups is 1. The first-order valence-corrected chi connectivity index (χ1v) is 3.02. The summed E-state index contributed by atoms with van der Waals surface area (Å²) in [5, 5.41) is 10.6. The molecule has 0 bridgehead atoms. The average Bonchev–Trinajstić information content (AvgIpc) is 1.63. The van der Waals surface area contributed by atoms with E-state index in [0.29, 0.717) is 0 Å². The summed E-state index contributed by atoms with van der Waals surface area (Å²) in [7, 11) is 0. The van der Waals surface area contributed by atoms with Crippen molar-refractivity contribution in [2.75, 3.05) is 5.94 Å². The number of hydrogen-bond acceptors (Lipinski definition) is 4. The first-order valence-electron chi connectivity index (χ1n) is 2.39. The van der Waals surface area contributed by atoms with E-state index in [0.717, 1.165) is 0 Å². The number of ether oxygens (including phenoxy) is 1. The second kappa shape index (κ2) is 4.46. The SMILES string of the molecule is CC(O)NC(=O)OCS. The van der Waals surface area contributed by atoms with E-state index in [-0.39, 0.29) is 5.94 Å². The summed E-state index contributed by atoms with van der Waals surface area (Å²) in [4.78, 5) is 10.3. The fraction of sp³-hybridized carbons (Fsp3) is 0.750. The molecule has 1 atom stereocenters. The standard InChI is InChI=1S/C4H9NO3S/c1-3(6)5-4(7)8-2-9/h3,6,9H,2H2,1H3,(H,5,7). The van der Waals surface area contributed by atoms with Crippen LogP contribution in [0.2, 0.25) is 0 Å². The maximum absolute atomic E-state index is 10.3. The maximum Gasteiger partial charge on any atom is 0.409 e. The molecule has 0 spiro atoms. The minimum Gasteiger partial charge on any atom is -0.439 e. The normalized spacial score (nSPS) is 12.3. The Morgan fingerprint density at radius 1 is 2.00 bits per heavy atom. The predicted molar refractivity (Wildman–Crippen MR) is 35.2 cm³/mol. The first kappa shape index (κ1) is 8.58. The third-order valence-electron chi connectivity index (χ3n) is 0.522. The molecule has 0 fully saturated rings. The molecular formula is C4H9NO3S. The number of amides is 1. The molecule has 2 N–H and O–H groups in total. The molecule has 9 heavy (non-hydrogen) atoms. The number of carbonyl (C=O) groups excluding carboxylic acids is 1. The summed E-state index contributed by atoms with van der Waals surface area (Å²) < 4.78 is 4.31. The second-order valence-corrected chi connectivity index (χ2v) is 1.64. The van der Waals surface area contributed by atoms with E-state index >= 15 is 0 Å². The minimum atomic E-state index is -0.877. The van der Waals surface area contributed by atoms with Crippen LogP contribution in [0.1, 0.15) is 6.92 Å². The zero-order valence-electron chi connectivity index (χ0n) is 5.00. The van der Waals surface area contributed by atoms with Gasteiger partial charge in [-0.1, -0.05) is 0 Å². The van der Waals surface area contributed by atoms with E-state index in [1.54, 1.807) is 0 Å². The van der Waals surface area contributed by atoms with Gasteiger partial charge in [0.1, 0.15) is 12.2 Å². The van der Waals surface area contributed by atoms with Gasteiger partial charge in [-0.3, -0.25) is 5.32 Å². The Morgan fingerprint density at radius 2 is 2.56 bits per heavy atom. The van der Waals surface area contributed by atoms with Crippen molar-refractivity contribution >= 4 is 18.7 Å². The van der Waals surface area contributed by atoms with Gasteiger partial charge in [0.05, 0.1) is 0 Å². The number of aliphatic hydroxyl groups excluding tert-OH is 1. The molecule has 0 aliphatic carbocycles. The first-order chi connectivity index (χ1) is 4.16. The Kier molecular flexibility index (Phi) is 4.25. The fourth-order valence-electron chi connectivity index (χ4n) is 0.271. The molecule has 54 valence electrons. The quantitative estimate of drug-likeness (QED) is 0.383. The topological polar surface area (TPSA) is 58.6 Å². The van der Waals surface area contributed by atoms with Gasteiger partial charge in [-0.25, -0.2) is 4.79 Å². The molecule has 4 nitrogen and oxygen atoms in total. The van der Waals surface area contributed by atoms with Crippen LogP contribution in [0.15, 0.2) is 0 Å². The summed E-state index contributed by atoms with van der Waals surface area (Å²) in [6.07, 6.45) is -1.54. The number of alkyl carbamates (subject to hydrolysis) is 1. The third kappa shape index (κ3) is 5.45. The average molecular weight is 151 g/mol. The monoisotopic (exact) mass is 151 g/mol. The highest BCUT2D eigenvalue weighted by molar-refractivity contribution is 7.80. The van der Waals surface area contributed by atoms with Gasteiger partial charge in [0, 0.05) is 0 Å².